The van der Waals surface area contributed by atoms with Crippen molar-refractivity contribution in [2.45, 2.75) is 20.3 Å². The molecule has 0 saturated carbocycles. The second-order valence-electron chi connectivity index (χ2n) is 7.52. The predicted octanol–water partition coefficient (Wildman–Crippen LogP) is 2.58. The first kappa shape index (κ1) is 21.3. The number of nitrogens with zero attached hydrogens (tertiary/aromatic N) is 2. The van der Waals surface area contributed by atoms with E-state index in [1.165, 1.54) is 5.56 Å². The van der Waals surface area contributed by atoms with Crippen molar-refractivity contribution < 1.29 is 13.2 Å². The van der Waals surface area contributed by atoms with Gasteiger partial charge in [-0.25, -0.2) is 8.42 Å². The smallest absolute Gasteiger partial charge is 0.251 e. The summed E-state index contributed by atoms with van der Waals surface area (Å²) in [5, 5.41) is 2.80. The molecule has 7 heteroatoms. The maximum absolute atomic E-state index is 12.6. The van der Waals surface area contributed by atoms with Crippen molar-refractivity contribution >= 4 is 21.6 Å². The van der Waals surface area contributed by atoms with Gasteiger partial charge in [0.15, 0.2) is 0 Å². The zero-order valence-electron chi connectivity index (χ0n) is 17.1. The first-order chi connectivity index (χ1) is 13.8. The Labute approximate surface area is 173 Å². The molecule has 2 aromatic carbocycles. The molecule has 156 valence electrons. The zero-order chi connectivity index (χ0) is 20.9. The van der Waals surface area contributed by atoms with Gasteiger partial charge in [0.05, 0.1) is 5.75 Å². The molecule has 1 aliphatic rings. The maximum atomic E-state index is 12.6. The number of benzene rings is 2. The first-order valence-electron chi connectivity index (χ1n) is 9.99. The minimum Gasteiger partial charge on any atom is -0.369 e. The summed E-state index contributed by atoms with van der Waals surface area (Å²) in [7, 11) is -3.31. The van der Waals surface area contributed by atoms with E-state index in [2.05, 4.69) is 35.3 Å². The maximum Gasteiger partial charge on any atom is 0.251 e. The summed E-state index contributed by atoms with van der Waals surface area (Å²) in [5.74, 6) is -0.125. The van der Waals surface area contributed by atoms with Crippen LogP contribution in [0.25, 0.3) is 0 Å². The second kappa shape index (κ2) is 9.41. The van der Waals surface area contributed by atoms with E-state index in [-0.39, 0.29) is 11.7 Å². The lowest BCUT2D eigenvalue weighted by Gasteiger charge is -2.35. The number of carbonyl (C=O) groups is 1. The van der Waals surface area contributed by atoms with E-state index in [1.54, 1.807) is 16.4 Å². The Morgan fingerprint density at radius 1 is 0.966 bits per heavy atom. The molecule has 0 spiro atoms. The standard InChI is InChI=1S/C22H29N3O3S/c1-18-7-9-20(10-8-18)22(26)23-11-4-16-29(27,28)25-14-12-24(13-15-25)21-6-3-5-19(2)17-21/h3,5-10,17H,4,11-16H2,1-2H3,(H,23,26). The number of anilines is 1. The molecule has 0 unspecified atom stereocenters. The van der Waals surface area contributed by atoms with Gasteiger partial charge in [-0.15, -0.1) is 0 Å². The zero-order valence-corrected chi connectivity index (χ0v) is 17.9. The third-order valence-electron chi connectivity index (χ3n) is 5.18. The second-order valence-corrected chi connectivity index (χ2v) is 9.61. The molecule has 1 aliphatic heterocycles. The Kier molecular flexibility index (Phi) is 6.92. The van der Waals surface area contributed by atoms with Crippen LogP contribution in [-0.4, -0.2) is 57.1 Å². The van der Waals surface area contributed by atoms with Crippen LogP contribution in [0.3, 0.4) is 0 Å². The summed E-state index contributed by atoms with van der Waals surface area (Å²) >= 11 is 0. The van der Waals surface area contributed by atoms with Crippen molar-refractivity contribution in [3.05, 3.63) is 65.2 Å². The monoisotopic (exact) mass is 415 g/mol. The normalized spacial score (nSPS) is 15.3. The average molecular weight is 416 g/mol. The third kappa shape index (κ3) is 5.81. The Morgan fingerprint density at radius 3 is 2.31 bits per heavy atom. The van der Waals surface area contributed by atoms with E-state index < -0.39 is 10.0 Å². The van der Waals surface area contributed by atoms with E-state index >= 15 is 0 Å². The third-order valence-corrected chi connectivity index (χ3v) is 7.13. The highest BCUT2D eigenvalue weighted by Crippen LogP contribution is 2.19. The van der Waals surface area contributed by atoms with Gasteiger partial charge >= 0.3 is 0 Å². The Balaban J connectivity index is 1.43. The molecule has 1 fully saturated rings. The Morgan fingerprint density at radius 2 is 1.66 bits per heavy atom. The highest BCUT2D eigenvalue weighted by molar-refractivity contribution is 7.89. The molecule has 0 atom stereocenters. The van der Waals surface area contributed by atoms with Crippen LogP contribution in [0.2, 0.25) is 0 Å². The van der Waals surface area contributed by atoms with Crippen molar-refractivity contribution in [1.29, 1.82) is 0 Å². The number of carbonyl (C=O) groups excluding carboxylic acids is 1. The van der Waals surface area contributed by atoms with Gasteiger partial charge in [-0.05, 0) is 50.1 Å². The van der Waals surface area contributed by atoms with Crippen LogP contribution in [0.1, 0.15) is 27.9 Å². The van der Waals surface area contributed by atoms with Gasteiger partial charge in [-0.1, -0.05) is 29.8 Å². The number of piperazine rings is 1. The van der Waals surface area contributed by atoms with Crippen molar-refractivity contribution in [3.63, 3.8) is 0 Å². The average Bonchev–Trinajstić information content (AvgIpc) is 2.72. The van der Waals surface area contributed by atoms with Gasteiger partial charge in [-0.2, -0.15) is 4.31 Å². The molecule has 1 heterocycles. The summed E-state index contributed by atoms with van der Waals surface area (Å²) in [5.41, 5.74) is 4.02. The highest BCUT2D eigenvalue weighted by atomic mass is 32.2. The highest BCUT2D eigenvalue weighted by Gasteiger charge is 2.26. The van der Waals surface area contributed by atoms with E-state index in [4.69, 9.17) is 0 Å². The lowest BCUT2D eigenvalue weighted by atomic mass is 10.1. The quantitative estimate of drug-likeness (QED) is 0.706. The van der Waals surface area contributed by atoms with E-state index in [0.29, 0.717) is 44.7 Å². The number of aryl methyl sites for hydroxylation is 2. The van der Waals surface area contributed by atoms with E-state index in [1.807, 2.05) is 25.1 Å². The van der Waals surface area contributed by atoms with Gasteiger partial charge in [0.1, 0.15) is 0 Å². The largest absolute Gasteiger partial charge is 0.369 e. The van der Waals surface area contributed by atoms with Crippen LogP contribution >= 0.6 is 0 Å². The Hall–Kier alpha value is -2.38. The summed E-state index contributed by atoms with van der Waals surface area (Å²) in [6.07, 6.45) is 0.401. The van der Waals surface area contributed by atoms with Crippen molar-refractivity contribution in [2.75, 3.05) is 43.4 Å². The van der Waals surface area contributed by atoms with E-state index in [0.717, 1.165) is 11.3 Å². The summed E-state index contributed by atoms with van der Waals surface area (Å²) in [6.45, 7) is 6.72. The number of sulfonamides is 1. The molecule has 2 aromatic rings. The molecule has 1 N–H and O–H groups in total. The Bertz CT molecular complexity index is 934. The molecular weight excluding hydrogens is 386 g/mol. The van der Waals surface area contributed by atoms with Crippen LogP contribution in [0.5, 0.6) is 0 Å². The molecular formula is C22H29N3O3S. The SMILES string of the molecule is Cc1ccc(C(=O)NCCCS(=O)(=O)N2CCN(c3cccc(C)c3)CC2)cc1. The van der Waals surface area contributed by atoms with Gasteiger partial charge in [0.25, 0.3) is 5.91 Å². The molecule has 0 aromatic heterocycles. The fourth-order valence-electron chi connectivity index (χ4n) is 3.44. The van der Waals surface area contributed by atoms with Crippen molar-refractivity contribution in [1.82, 2.24) is 9.62 Å². The van der Waals surface area contributed by atoms with Gasteiger partial charge in [0.2, 0.25) is 10.0 Å². The minimum atomic E-state index is -3.31. The predicted molar refractivity (Wildman–Crippen MR) is 117 cm³/mol. The molecule has 0 aliphatic carbocycles. The number of rotatable bonds is 7. The van der Waals surface area contributed by atoms with Crippen molar-refractivity contribution in [3.8, 4) is 0 Å². The molecule has 3 rings (SSSR count). The number of amides is 1. The van der Waals surface area contributed by atoms with Crippen LogP contribution in [0, 0.1) is 13.8 Å². The topological polar surface area (TPSA) is 69.7 Å². The molecule has 0 bridgehead atoms. The molecule has 1 saturated heterocycles. The summed E-state index contributed by atoms with van der Waals surface area (Å²) < 4.78 is 26.8. The van der Waals surface area contributed by atoms with Crippen LogP contribution in [-0.2, 0) is 10.0 Å². The fourth-order valence-corrected chi connectivity index (χ4v) is 4.93. The van der Waals surface area contributed by atoms with Gasteiger partial charge in [0, 0.05) is 44.0 Å². The molecule has 1 amide bonds. The first-order valence-corrected chi connectivity index (χ1v) is 11.6. The lowest BCUT2D eigenvalue weighted by Crippen LogP contribution is -2.49. The van der Waals surface area contributed by atoms with Gasteiger partial charge in [-0.3, -0.25) is 4.79 Å². The van der Waals surface area contributed by atoms with Crippen LogP contribution < -0.4 is 10.2 Å². The van der Waals surface area contributed by atoms with Gasteiger partial charge < -0.3 is 10.2 Å². The summed E-state index contributed by atoms with van der Waals surface area (Å²) in [6, 6.07) is 15.6. The molecule has 29 heavy (non-hydrogen) atoms. The molecule has 0 radical (unpaired) electrons. The van der Waals surface area contributed by atoms with Crippen molar-refractivity contribution in [2.24, 2.45) is 0 Å². The molecule has 6 nitrogen and oxygen atoms in total. The van der Waals surface area contributed by atoms with Crippen LogP contribution in [0.15, 0.2) is 48.5 Å². The van der Waals surface area contributed by atoms with Crippen LogP contribution in [0.4, 0.5) is 5.69 Å². The number of nitrogens with one attached hydrogen (secondary N) is 1. The summed E-state index contributed by atoms with van der Waals surface area (Å²) in [4.78, 5) is 14.3. The van der Waals surface area contributed by atoms with E-state index in [9.17, 15) is 13.2 Å². The lowest BCUT2D eigenvalue weighted by molar-refractivity contribution is 0.0953. The fraction of sp³-hybridized carbons (Fsp3) is 0.409. The minimum absolute atomic E-state index is 0.0472. The number of hydrogen-bond donors (Lipinski definition) is 1. The number of hydrogen-bond acceptors (Lipinski definition) is 4.